The maximum Gasteiger partial charge on any atom is 0.573 e. The number of ether oxygens (including phenoxy) is 1. The molecular formula is C11H6ClF3N2O3. The number of hydrogen-bond donors (Lipinski definition) is 1. The molecule has 0 amide bonds. The van der Waals surface area contributed by atoms with E-state index in [1.54, 1.807) is 0 Å². The maximum atomic E-state index is 12.1. The number of carbonyl (C=O) groups is 1. The van der Waals surface area contributed by atoms with Crippen molar-refractivity contribution in [3.8, 4) is 11.4 Å². The van der Waals surface area contributed by atoms with Gasteiger partial charge in [-0.05, 0) is 18.2 Å². The number of halogens is 4. The lowest BCUT2D eigenvalue weighted by Crippen LogP contribution is -2.17. The predicted molar refractivity (Wildman–Crippen MR) is 62.2 cm³/mol. The largest absolute Gasteiger partial charge is 0.573 e. The van der Waals surface area contributed by atoms with Gasteiger partial charge >= 0.3 is 12.3 Å². The molecule has 9 heteroatoms. The second-order valence-electron chi connectivity index (χ2n) is 3.63. The van der Waals surface area contributed by atoms with Crippen LogP contribution >= 0.6 is 11.6 Å². The van der Waals surface area contributed by atoms with E-state index in [9.17, 15) is 18.0 Å². The average molecular weight is 307 g/mol. The molecule has 0 aliphatic rings. The van der Waals surface area contributed by atoms with Crippen LogP contribution in [0.3, 0.4) is 0 Å². The van der Waals surface area contributed by atoms with Crippen molar-refractivity contribution in [3.63, 3.8) is 0 Å². The molecule has 0 saturated heterocycles. The number of rotatable bonds is 3. The third-order valence-corrected chi connectivity index (χ3v) is 2.54. The monoisotopic (exact) mass is 306 g/mol. The van der Waals surface area contributed by atoms with Gasteiger partial charge in [0.2, 0.25) is 0 Å². The summed E-state index contributed by atoms with van der Waals surface area (Å²) in [6.07, 6.45) is -2.42. The molecule has 0 spiro atoms. The van der Waals surface area contributed by atoms with Crippen molar-refractivity contribution in [1.29, 1.82) is 0 Å². The molecule has 1 heterocycles. The van der Waals surface area contributed by atoms with Crippen LogP contribution in [0.25, 0.3) is 5.69 Å². The first-order valence-electron chi connectivity index (χ1n) is 5.09. The van der Waals surface area contributed by atoms with Gasteiger partial charge in [-0.25, -0.2) is 9.78 Å². The quantitative estimate of drug-likeness (QED) is 0.946. The summed E-state index contributed by atoms with van der Waals surface area (Å²) < 4.78 is 41.3. The Morgan fingerprint density at radius 3 is 2.60 bits per heavy atom. The van der Waals surface area contributed by atoms with Crippen LogP contribution in [-0.4, -0.2) is 27.0 Å². The fraction of sp³-hybridized carbons (Fsp3) is 0.0909. The average Bonchev–Trinajstić information content (AvgIpc) is 2.79. The number of benzene rings is 1. The van der Waals surface area contributed by atoms with Gasteiger partial charge < -0.3 is 14.4 Å². The molecular weight excluding hydrogens is 301 g/mol. The fourth-order valence-corrected chi connectivity index (χ4v) is 1.65. The van der Waals surface area contributed by atoms with Crippen LogP contribution in [0.1, 0.15) is 10.5 Å². The highest BCUT2D eigenvalue weighted by Crippen LogP contribution is 2.31. The second-order valence-corrected chi connectivity index (χ2v) is 4.04. The summed E-state index contributed by atoms with van der Waals surface area (Å²) in [5.41, 5.74) is 0.154. The second kappa shape index (κ2) is 5.04. The minimum Gasteiger partial charge on any atom is -0.476 e. The molecule has 0 unspecified atom stereocenters. The summed E-state index contributed by atoms with van der Waals surface area (Å²) in [5.74, 6) is -1.76. The zero-order valence-electron chi connectivity index (χ0n) is 9.56. The molecule has 0 aliphatic carbocycles. The van der Waals surface area contributed by atoms with Crippen molar-refractivity contribution in [1.82, 2.24) is 9.55 Å². The Bertz CT molecular complexity index is 655. The molecule has 2 rings (SSSR count). The van der Waals surface area contributed by atoms with E-state index in [1.165, 1.54) is 29.2 Å². The standard InChI is InChI=1S/C11H6ClF3N2O3/c12-7-3-6(1-2-9(7)20-11(13,14)15)17-4-8(10(18)19)16-5-17/h1-5H,(H,18,19). The van der Waals surface area contributed by atoms with Crippen LogP contribution in [0.5, 0.6) is 5.75 Å². The summed E-state index contributed by atoms with van der Waals surface area (Å²) in [7, 11) is 0. The van der Waals surface area contributed by atoms with Crippen LogP contribution in [-0.2, 0) is 0 Å². The van der Waals surface area contributed by atoms with Crippen LogP contribution in [0, 0.1) is 0 Å². The number of carboxylic acid groups (broad SMARTS) is 1. The minimum absolute atomic E-state index is 0.197. The van der Waals surface area contributed by atoms with Crippen LogP contribution in [0.15, 0.2) is 30.7 Å². The van der Waals surface area contributed by atoms with Gasteiger partial charge in [-0.3, -0.25) is 0 Å². The Kier molecular flexibility index (Phi) is 3.58. The molecule has 5 nitrogen and oxygen atoms in total. The lowest BCUT2D eigenvalue weighted by atomic mass is 10.3. The molecule has 106 valence electrons. The molecule has 0 radical (unpaired) electrons. The Hall–Kier alpha value is -2.22. The SMILES string of the molecule is O=C(O)c1cn(-c2ccc(OC(F)(F)F)c(Cl)c2)cn1. The van der Waals surface area contributed by atoms with Gasteiger partial charge in [0.25, 0.3) is 0 Å². The predicted octanol–water partition coefficient (Wildman–Crippen LogP) is 3.12. The topological polar surface area (TPSA) is 64.3 Å². The Labute approximate surface area is 115 Å². The lowest BCUT2D eigenvalue weighted by molar-refractivity contribution is -0.274. The van der Waals surface area contributed by atoms with Gasteiger partial charge in [0.1, 0.15) is 12.1 Å². The first-order valence-corrected chi connectivity index (χ1v) is 5.47. The first-order chi connectivity index (χ1) is 9.26. The van der Waals surface area contributed by atoms with E-state index in [0.29, 0.717) is 5.69 Å². The van der Waals surface area contributed by atoms with E-state index in [1.807, 2.05) is 0 Å². The maximum absolute atomic E-state index is 12.1. The van der Waals surface area contributed by atoms with E-state index in [2.05, 4.69) is 9.72 Å². The number of aromatic nitrogens is 2. The van der Waals surface area contributed by atoms with Gasteiger partial charge in [-0.15, -0.1) is 13.2 Å². The lowest BCUT2D eigenvalue weighted by Gasteiger charge is -2.11. The van der Waals surface area contributed by atoms with Crippen LogP contribution < -0.4 is 4.74 Å². The van der Waals surface area contributed by atoms with Crippen LogP contribution in [0.2, 0.25) is 5.02 Å². The summed E-state index contributed by atoms with van der Waals surface area (Å²) >= 11 is 5.68. The molecule has 1 N–H and O–H groups in total. The highest BCUT2D eigenvalue weighted by atomic mass is 35.5. The van der Waals surface area contributed by atoms with Crippen molar-refractivity contribution < 1.29 is 27.8 Å². The van der Waals surface area contributed by atoms with Crippen molar-refractivity contribution in [2.45, 2.75) is 6.36 Å². The summed E-state index contributed by atoms with van der Waals surface area (Å²) in [6.45, 7) is 0. The molecule has 0 fully saturated rings. The van der Waals surface area contributed by atoms with Crippen LogP contribution in [0.4, 0.5) is 13.2 Å². The van der Waals surface area contributed by atoms with Crippen molar-refractivity contribution >= 4 is 17.6 Å². The first kappa shape index (κ1) is 14.2. The highest BCUT2D eigenvalue weighted by molar-refractivity contribution is 6.32. The fourth-order valence-electron chi connectivity index (χ4n) is 1.43. The van der Waals surface area contributed by atoms with Crippen molar-refractivity contribution in [2.24, 2.45) is 0 Å². The van der Waals surface area contributed by atoms with E-state index < -0.39 is 18.1 Å². The Morgan fingerprint density at radius 2 is 2.10 bits per heavy atom. The van der Waals surface area contributed by atoms with E-state index in [4.69, 9.17) is 16.7 Å². The number of aromatic carboxylic acids is 1. The molecule has 0 bridgehead atoms. The van der Waals surface area contributed by atoms with E-state index in [-0.39, 0.29) is 10.7 Å². The Balaban J connectivity index is 2.30. The zero-order chi connectivity index (χ0) is 14.9. The smallest absolute Gasteiger partial charge is 0.476 e. The van der Waals surface area contributed by atoms with Gasteiger partial charge in [0.15, 0.2) is 5.69 Å². The highest BCUT2D eigenvalue weighted by Gasteiger charge is 2.32. The van der Waals surface area contributed by atoms with Crippen molar-refractivity contribution in [2.75, 3.05) is 0 Å². The Morgan fingerprint density at radius 1 is 1.40 bits per heavy atom. The molecule has 0 saturated carbocycles. The number of hydrogen-bond acceptors (Lipinski definition) is 3. The summed E-state index contributed by atoms with van der Waals surface area (Å²) in [6, 6.07) is 3.53. The van der Waals surface area contributed by atoms with Gasteiger partial charge in [0, 0.05) is 11.9 Å². The summed E-state index contributed by atoms with van der Waals surface area (Å²) in [5, 5.41) is 8.47. The minimum atomic E-state index is -4.84. The number of nitrogens with zero attached hydrogens (tertiary/aromatic N) is 2. The van der Waals surface area contributed by atoms with Gasteiger partial charge in [-0.1, -0.05) is 11.6 Å². The third kappa shape index (κ3) is 3.21. The number of carboxylic acids is 1. The third-order valence-electron chi connectivity index (χ3n) is 2.24. The van der Waals surface area contributed by atoms with E-state index >= 15 is 0 Å². The van der Waals surface area contributed by atoms with E-state index in [0.717, 1.165) is 6.07 Å². The normalized spacial score (nSPS) is 11.4. The molecule has 0 aliphatic heterocycles. The molecule has 0 atom stereocenters. The number of alkyl halides is 3. The van der Waals surface area contributed by atoms with Crippen molar-refractivity contribution in [3.05, 3.63) is 41.4 Å². The van der Waals surface area contributed by atoms with Gasteiger partial charge in [-0.2, -0.15) is 0 Å². The molecule has 20 heavy (non-hydrogen) atoms. The molecule has 1 aromatic carbocycles. The summed E-state index contributed by atoms with van der Waals surface area (Å²) in [4.78, 5) is 14.3. The zero-order valence-corrected chi connectivity index (χ0v) is 10.3. The molecule has 1 aromatic heterocycles. The molecule has 2 aromatic rings. The van der Waals surface area contributed by atoms with Gasteiger partial charge in [0.05, 0.1) is 5.02 Å². The number of imidazole rings is 1.